The van der Waals surface area contributed by atoms with Crippen molar-refractivity contribution in [3.63, 3.8) is 0 Å². The zero-order valence-electron chi connectivity index (χ0n) is 10.2. The quantitative estimate of drug-likeness (QED) is 0.887. The van der Waals surface area contributed by atoms with E-state index in [1.165, 1.54) is 6.07 Å². The lowest BCUT2D eigenvalue weighted by atomic mass is 10.1. The van der Waals surface area contributed by atoms with Gasteiger partial charge in [-0.2, -0.15) is 0 Å². The molecule has 0 aliphatic carbocycles. The van der Waals surface area contributed by atoms with E-state index in [4.69, 9.17) is 5.73 Å². The van der Waals surface area contributed by atoms with E-state index in [9.17, 15) is 8.78 Å². The van der Waals surface area contributed by atoms with Crippen LogP contribution in [0.4, 0.5) is 8.78 Å². The molecule has 0 bridgehead atoms. The average Bonchev–Trinajstić information content (AvgIpc) is 2.81. The SMILES string of the molecule is CCC(N)c1ccn(Cc2cc(F)ccc2F)c1. The van der Waals surface area contributed by atoms with Crippen LogP contribution in [-0.2, 0) is 6.54 Å². The molecular weight excluding hydrogens is 234 g/mol. The van der Waals surface area contributed by atoms with Crippen LogP contribution in [0.5, 0.6) is 0 Å². The molecule has 18 heavy (non-hydrogen) atoms. The number of rotatable bonds is 4. The van der Waals surface area contributed by atoms with E-state index < -0.39 is 11.6 Å². The summed E-state index contributed by atoms with van der Waals surface area (Å²) in [6, 6.07) is 5.38. The first kappa shape index (κ1) is 12.8. The van der Waals surface area contributed by atoms with E-state index in [0.29, 0.717) is 12.1 Å². The summed E-state index contributed by atoms with van der Waals surface area (Å²) in [5.41, 5.74) is 7.25. The number of nitrogens with zero attached hydrogens (tertiary/aromatic N) is 1. The van der Waals surface area contributed by atoms with Crippen LogP contribution >= 0.6 is 0 Å². The largest absolute Gasteiger partial charge is 0.349 e. The lowest BCUT2D eigenvalue weighted by molar-refractivity contribution is 0.577. The average molecular weight is 250 g/mol. The van der Waals surface area contributed by atoms with E-state index in [-0.39, 0.29) is 6.04 Å². The maximum absolute atomic E-state index is 13.5. The Morgan fingerprint density at radius 2 is 2.06 bits per heavy atom. The second kappa shape index (κ2) is 5.31. The van der Waals surface area contributed by atoms with E-state index in [1.807, 2.05) is 30.0 Å². The second-order valence-corrected chi connectivity index (χ2v) is 4.37. The Balaban J connectivity index is 2.18. The number of nitrogens with two attached hydrogens (primary N) is 1. The summed E-state index contributed by atoms with van der Waals surface area (Å²) in [5.74, 6) is -0.824. The molecule has 0 radical (unpaired) electrons. The van der Waals surface area contributed by atoms with Gasteiger partial charge in [0.25, 0.3) is 0 Å². The number of aromatic nitrogens is 1. The Morgan fingerprint density at radius 1 is 1.28 bits per heavy atom. The third-order valence-corrected chi connectivity index (χ3v) is 3.00. The molecule has 0 fully saturated rings. The fourth-order valence-electron chi connectivity index (χ4n) is 1.87. The Hall–Kier alpha value is -1.68. The Kier molecular flexibility index (Phi) is 3.77. The minimum atomic E-state index is -0.427. The van der Waals surface area contributed by atoms with Crippen molar-refractivity contribution in [2.45, 2.75) is 25.9 Å². The molecule has 1 heterocycles. The van der Waals surface area contributed by atoms with Gasteiger partial charge in [-0.15, -0.1) is 0 Å². The smallest absolute Gasteiger partial charge is 0.128 e. The van der Waals surface area contributed by atoms with E-state index >= 15 is 0 Å². The number of halogens is 2. The summed E-state index contributed by atoms with van der Waals surface area (Å²) in [6.45, 7) is 2.31. The van der Waals surface area contributed by atoms with Gasteiger partial charge in [-0.3, -0.25) is 0 Å². The zero-order valence-corrected chi connectivity index (χ0v) is 10.2. The number of benzene rings is 1. The molecule has 0 amide bonds. The fourth-order valence-corrected chi connectivity index (χ4v) is 1.87. The van der Waals surface area contributed by atoms with Gasteiger partial charge in [0.05, 0.1) is 0 Å². The highest BCUT2D eigenvalue weighted by molar-refractivity contribution is 5.21. The van der Waals surface area contributed by atoms with Crippen molar-refractivity contribution in [1.82, 2.24) is 4.57 Å². The first-order valence-corrected chi connectivity index (χ1v) is 5.95. The third kappa shape index (κ3) is 2.76. The molecule has 1 aromatic heterocycles. The van der Waals surface area contributed by atoms with Gasteiger partial charge in [0.1, 0.15) is 11.6 Å². The molecular formula is C14H16F2N2. The molecule has 96 valence electrons. The number of hydrogen-bond donors (Lipinski definition) is 1. The lowest BCUT2D eigenvalue weighted by Crippen LogP contribution is -2.07. The van der Waals surface area contributed by atoms with Crippen LogP contribution in [0, 0.1) is 11.6 Å². The van der Waals surface area contributed by atoms with Crippen molar-refractivity contribution in [3.05, 3.63) is 59.4 Å². The molecule has 4 heteroatoms. The van der Waals surface area contributed by atoms with Crippen LogP contribution in [0.2, 0.25) is 0 Å². The van der Waals surface area contributed by atoms with Crippen molar-refractivity contribution in [2.24, 2.45) is 5.73 Å². The zero-order chi connectivity index (χ0) is 13.1. The van der Waals surface area contributed by atoms with Gasteiger partial charge in [0.15, 0.2) is 0 Å². The Morgan fingerprint density at radius 3 is 2.78 bits per heavy atom. The van der Waals surface area contributed by atoms with Gasteiger partial charge in [-0.1, -0.05) is 6.92 Å². The molecule has 2 nitrogen and oxygen atoms in total. The van der Waals surface area contributed by atoms with Crippen LogP contribution in [0.3, 0.4) is 0 Å². The van der Waals surface area contributed by atoms with Crippen molar-refractivity contribution in [2.75, 3.05) is 0 Å². The van der Waals surface area contributed by atoms with Crippen LogP contribution < -0.4 is 5.73 Å². The van der Waals surface area contributed by atoms with Crippen molar-refractivity contribution >= 4 is 0 Å². The maximum Gasteiger partial charge on any atom is 0.128 e. The van der Waals surface area contributed by atoms with E-state index in [1.54, 1.807) is 0 Å². The summed E-state index contributed by atoms with van der Waals surface area (Å²) in [6.07, 6.45) is 4.55. The van der Waals surface area contributed by atoms with Gasteiger partial charge in [-0.05, 0) is 36.2 Å². The van der Waals surface area contributed by atoms with Gasteiger partial charge in [-0.25, -0.2) is 8.78 Å². The molecule has 1 unspecified atom stereocenters. The molecule has 0 saturated heterocycles. The molecule has 0 saturated carbocycles. The first-order chi connectivity index (χ1) is 8.60. The summed E-state index contributed by atoms with van der Waals surface area (Å²) < 4.78 is 28.3. The van der Waals surface area contributed by atoms with Crippen LogP contribution in [0.1, 0.15) is 30.5 Å². The second-order valence-electron chi connectivity index (χ2n) is 4.37. The summed E-state index contributed by atoms with van der Waals surface area (Å²) in [4.78, 5) is 0. The van der Waals surface area contributed by atoms with Crippen LogP contribution in [0.25, 0.3) is 0 Å². The van der Waals surface area contributed by atoms with Crippen molar-refractivity contribution < 1.29 is 8.78 Å². The maximum atomic E-state index is 13.5. The highest BCUT2D eigenvalue weighted by Gasteiger charge is 2.08. The summed E-state index contributed by atoms with van der Waals surface area (Å²) in [5, 5.41) is 0. The minimum Gasteiger partial charge on any atom is -0.349 e. The first-order valence-electron chi connectivity index (χ1n) is 5.95. The standard InChI is InChI=1S/C14H16F2N2/c1-2-14(17)10-5-6-18(8-10)9-11-7-12(15)3-4-13(11)16/h3-8,14H,2,9,17H2,1H3. The van der Waals surface area contributed by atoms with Crippen molar-refractivity contribution in [1.29, 1.82) is 0 Å². The summed E-state index contributed by atoms with van der Waals surface area (Å²) >= 11 is 0. The fraction of sp³-hybridized carbons (Fsp3) is 0.286. The molecule has 2 rings (SSSR count). The summed E-state index contributed by atoms with van der Waals surface area (Å²) in [7, 11) is 0. The normalized spacial score (nSPS) is 12.7. The molecule has 2 N–H and O–H groups in total. The van der Waals surface area contributed by atoms with Crippen LogP contribution in [-0.4, -0.2) is 4.57 Å². The molecule has 1 atom stereocenters. The minimum absolute atomic E-state index is 0.0105. The Bertz CT molecular complexity index is 534. The van der Waals surface area contributed by atoms with E-state index in [0.717, 1.165) is 24.1 Å². The van der Waals surface area contributed by atoms with Gasteiger partial charge >= 0.3 is 0 Å². The molecule has 0 aliphatic heterocycles. The van der Waals surface area contributed by atoms with Crippen LogP contribution in [0.15, 0.2) is 36.7 Å². The highest BCUT2D eigenvalue weighted by Crippen LogP contribution is 2.16. The predicted octanol–water partition coefficient (Wildman–Crippen LogP) is 3.22. The van der Waals surface area contributed by atoms with Gasteiger partial charge in [0.2, 0.25) is 0 Å². The predicted molar refractivity (Wildman–Crippen MR) is 67.1 cm³/mol. The molecule has 2 aromatic rings. The van der Waals surface area contributed by atoms with Gasteiger partial charge < -0.3 is 10.3 Å². The topological polar surface area (TPSA) is 30.9 Å². The van der Waals surface area contributed by atoms with Gasteiger partial charge in [0, 0.05) is 30.5 Å². The Labute approximate surface area is 105 Å². The number of hydrogen-bond acceptors (Lipinski definition) is 1. The van der Waals surface area contributed by atoms with Crippen molar-refractivity contribution in [3.8, 4) is 0 Å². The third-order valence-electron chi connectivity index (χ3n) is 3.00. The highest BCUT2D eigenvalue weighted by atomic mass is 19.1. The molecule has 1 aromatic carbocycles. The lowest BCUT2D eigenvalue weighted by Gasteiger charge is -2.07. The monoisotopic (exact) mass is 250 g/mol. The molecule has 0 aliphatic rings. The molecule has 0 spiro atoms. The van der Waals surface area contributed by atoms with E-state index in [2.05, 4.69) is 0 Å².